The third kappa shape index (κ3) is 15.5. The van der Waals surface area contributed by atoms with E-state index in [0.717, 1.165) is 18.8 Å². The van der Waals surface area contributed by atoms with Crippen LogP contribution in [0.2, 0.25) is 17.5 Å². The van der Waals surface area contributed by atoms with E-state index in [4.69, 9.17) is 11.5 Å². The van der Waals surface area contributed by atoms with Crippen molar-refractivity contribution in [3.05, 3.63) is 0 Å². The molecule has 0 aromatic carbocycles. The summed E-state index contributed by atoms with van der Waals surface area (Å²) in [5, 5.41) is 3.02. The van der Waals surface area contributed by atoms with Gasteiger partial charge in [-0.3, -0.25) is 4.79 Å². The Bertz CT molecular complexity index is 504. The van der Waals surface area contributed by atoms with Crippen molar-refractivity contribution in [3.63, 3.8) is 0 Å². The van der Waals surface area contributed by atoms with Crippen molar-refractivity contribution >= 4 is 35.4 Å². The first-order chi connectivity index (χ1) is 14.8. The Morgan fingerprint density at radius 2 is 1.69 bits per heavy atom. The van der Waals surface area contributed by atoms with Crippen LogP contribution in [0.5, 0.6) is 0 Å². The molecule has 5 N–H and O–H groups in total. The fraction of sp³-hybridized carbons (Fsp3) is 0.958. The number of hydrogen-bond acceptors (Lipinski definition) is 3. The predicted molar refractivity (Wildman–Crippen MR) is 153 cm³/mol. The van der Waals surface area contributed by atoms with Crippen LogP contribution in [0, 0.1) is 11.3 Å². The Morgan fingerprint density at radius 1 is 1.03 bits per heavy atom. The Labute approximate surface area is 204 Å². The van der Waals surface area contributed by atoms with Gasteiger partial charge in [0.2, 0.25) is 15.3 Å². The lowest BCUT2D eigenvalue weighted by molar-refractivity contribution is 0.225. The smallest absolute Gasteiger partial charge is 0.235 e. The predicted octanol–water partition coefficient (Wildman–Crippen LogP) is 3.74. The second kappa shape index (κ2) is 16.3. The highest BCUT2D eigenvalue weighted by Crippen LogP contribution is 2.41. The molecule has 4 nitrogen and oxygen atoms in total. The highest BCUT2D eigenvalue weighted by atomic mass is 16.1. The molecule has 0 aliphatic rings. The summed E-state index contributed by atoms with van der Waals surface area (Å²) in [5.41, 5.74) is 12.7. The fourth-order valence-corrected chi connectivity index (χ4v) is 5.59. The maximum absolute atomic E-state index is 11.6. The molecule has 0 aromatic rings. The summed E-state index contributed by atoms with van der Waals surface area (Å²) in [6.07, 6.45) is 12.6. The van der Waals surface area contributed by atoms with Crippen LogP contribution in [-0.4, -0.2) is 47.5 Å². The number of carbonyl (C=O) groups is 1. The van der Waals surface area contributed by atoms with Gasteiger partial charge in [0.1, 0.15) is 0 Å². The van der Waals surface area contributed by atoms with Crippen LogP contribution in [-0.2, 0) is 0 Å². The molecule has 4 atom stereocenters. The number of unbranched alkanes of at least 4 members (excludes halogenated alkanes) is 2. The first-order valence-corrected chi connectivity index (χ1v) is 13.5. The average molecular weight is 445 g/mol. The quantitative estimate of drug-likeness (QED) is 0.210. The molecule has 1 amide bonds. The molecule has 184 valence electrons. The largest absolute Gasteiger partial charge is 0.415 e. The van der Waals surface area contributed by atoms with E-state index in [1.165, 1.54) is 65.6 Å². The van der Waals surface area contributed by atoms with Crippen LogP contribution in [0.15, 0.2) is 0 Å². The molecule has 0 aliphatic heterocycles. The SMILES string of the molecule is BNC(=O)BC(C)CC(N)C(C)(C)CC(C)(C)BBCCCCCC(CCC)C[C@H](C)N. The van der Waals surface area contributed by atoms with Gasteiger partial charge < -0.3 is 16.7 Å². The van der Waals surface area contributed by atoms with Crippen molar-refractivity contribution in [2.75, 3.05) is 0 Å². The lowest BCUT2D eigenvalue weighted by Gasteiger charge is -2.40. The molecule has 0 heterocycles. The number of nitrogens with one attached hydrogen (secondary N) is 1. The summed E-state index contributed by atoms with van der Waals surface area (Å²) >= 11 is 0. The maximum atomic E-state index is 11.6. The molecule has 32 heavy (non-hydrogen) atoms. The number of nitrogens with two attached hydrogens (primary N) is 2. The van der Waals surface area contributed by atoms with Crippen LogP contribution in [0.1, 0.15) is 106 Å². The summed E-state index contributed by atoms with van der Waals surface area (Å²) in [4.78, 5) is 11.6. The zero-order valence-corrected chi connectivity index (χ0v) is 23.1. The summed E-state index contributed by atoms with van der Waals surface area (Å²) < 4.78 is 0. The topological polar surface area (TPSA) is 81.1 Å². The van der Waals surface area contributed by atoms with E-state index < -0.39 is 0 Å². The standard InChI is InChI=1S/C24H55B4N3O/c1-8-12-20(16-19(3)29)13-10-9-11-14-26-28-24(6,7)17-23(4,5)21(30)15-18(2)27-22(32)31-25/h18-21,26-28H,8-17,25,29-30H2,1-7H3,(H,31,32)/t18?,19-,20?,21?/m0/s1. The number of hydrogen-bond donors (Lipinski definition) is 3. The van der Waals surface area contributed by atoms with E-state index in [2.05, 4.69) is 53.7 Å². The van der Waals surface area contributed by atoms with Gasteiger partial charge in [0.05, 0.1) is 14.3 Å². The van der Waals surface area contributed by atoms with Gasteiger partial charge in [-0.15, -0.1) is 0 Å². The number of amides is 1. The van der Waals surface area contributed by atoms with E-state index in [1.807, 2.05) is 0 Å². The highest BCUT2D eigenvalue weighted by Gasteiger charge is 2.34. The highest BCUT2D eigenvalue weighted by molar-refractivity contribution is 7.02. The van der Waals surface area contributed by atoms with Crippen molar-refractivity contribution in [3.8, 4) is 0 Å². The summed E-state index contributed by atoms with van der Waals surface area (Å²) in [5.74, 6) is 1.25. The van der Waals surface area contributed by atoms with Gasteiger partial charge in [-0.1, -0.05) is 97.5 Å². The molecule has 0 fully saturated rings. The van der Waals surface area contributed by atoms with Crippen molar-refractivity contribution in [1.29, 1.82) is 0 Å². The minimum atomic E-state index is 0.0782. The van der Waals surface area contributed by atoms with Gasteiger partial charge in [-0.05, 0) is 37.5 Å². The van der Waals surface area contributed by atoms with E-state index in [-0.39, 0.29) is 17.3 Å². The van der Waals surface area contributed by atoms with E-state index in [9.17, 15) is 4.79 Å². The van der Waals surface area contributed by atoms with Crippen molar-refractivity contribution in [1.82, 2.24) is 5.23 Å². The zero-order chi connectivity index (χ0) is 24.8. The first-order valence-electron chi connectivity index (χ1n) is 13.5. The van der Waals surface area contributed by atoms with Gasteiger partial charge in [0.25, 0.3) is 0 Å². The molecule has 0 rings (SSSR count). The van der Waals surface area contributed by atoms with E-state index in [0.29, 0.717) is 24.5 Å². The van der Waals surface area contributed by atoms with Crippen LogP contribution in [0.25, 0.3) is 0 Å². The van der Waals surface area contributed by atoms with Crippen LogP contribution in [0.3, 0.4) is 0 Å². The van der Waals surface area contributed by atoms with E-state index in [1.54, 1.807) is 7.98 Å². The minimum absolute atomic E-state index is 0.0782. The molecule has 0 radical (unpaired) electrons. The van der Waals surface area contributed by atoms with Gasteiger partial charge >= 0.3 is 0 Å². The summed E-state index contributed by atoms with van der Waals surface area (Å²) in [6, 6.07) is 0.457. The minimum Gasteiger partial charge on any atom is -0.415 e. The van der Waals surface area contributed by atoms with Crippen molar-refractivity contribution < 1.29 is 4.79 Å². The van der Waals surface area contributed by atoms with Crippen LogP contribution < -0.4 is 16.7 Å². The van der Waals surface area contributed by atoms with Gasteiger partial charge in [-0.25, -0.2) is 0 Å². The second-order valence-corrected chi connectivity index (χ2v) is 12.3. The molecule has 0 bridgehead atoms. The number of carbonyl (C=O) groups excluding carboxylic acids is 1. The Hall–Kier alpha value is -0.350. The monoisotopic (exact) mass is 445 g/mol. The first kappa shape index (κ1) is 31.6. The van der Waals surface area contributed by atoms with Gasteiger partial charge in [0.15, 0.2) is 5.81 Å². The maximum Gasteiger partial charge on any atom is 0.235 e. The Morgan fingerprint density at radius 3 is 2.25 bits per heavy atom. The van der Waals surface area contributed by atoms with Gasteiger partial charge in [0, 0.05) is 12.1 Å². The molecular weight excluding hydrogens is 390 g/mol. The van der Waals surface area contributed by atoms with E-state index >= 15 is 0 Å². The molecular formula is C24H55B4N3O. The third-order valence-electron chi connectivity index (χ3n) is 7.27. The Kier molecular flexibility index (Phi) is 16.1. The second-order valence-electron chi connectivity index (χ2n) is 12.3. The van der Waals surface area contributed by atoms with Crippen molar-refractivity contribution in [2.24, 2.45) is 22.8 Å². The van der Waals surface area contributed by atoms with Crippen LogP contribution in [0.4, 0.5) is 4.79 Å². The lowest BCUT2D eigenvalue weighted by Crippen LogP contribution is -2.42. The summed E-state index contributed by atoms with van der Waals surface area (Å²) in [7, 11) is 4.84. The molecule has 3 unspecified atom stereocenters. The van der Waals surface area contributed by atoms with Crippen molar-refractivity contribution in [2.45, 2.75) is 136 Å². The zero-order valence-electron chi connectivity index (χ0n) is 23.1. The van der Waals surface area contributed by atoms with Gasteiger partial charge in [-0.2, -0.15) is 0 Å². The molecule has 0 saturated carbocycles. The average Bonchev–Trinajstić information content (AvgIpc) is 2.65. The lowest BCUT2D eigenvalue weighted by atomic mass is 9.27. The third-order valence-corrected chi connectivity index (χ3v) is 7.27. The molecule has 8 heteroatoms. The number of rotatable bonds is 19. The molecule has 0 aliphatic carbocycles. The molecule has 0 saturated heterocycles. The Balaban J connectivity index is 4.22. The normalized spacial score (nSPS) is 16.0. The summed E-state index contributed by atoms with van der Waals surface area (Å²) in [6.45, 7) is 16.0. The van der Waals surface area contributed by atoms with Crippen LogP contribution >= 0.6 is 0 Å². The fourth-order valence-electron chi connectivity index (χ4n) is 5.59. The molecule has 0 aromatic heterocycles. The molecule has 0 spiro atoms.